The molecular formula is C15H20N4O3. The monoisotopic (exact) mass is 304 g/mol. The van der Waals surface area contributed by atoms with Crippen LogP contribution in [0.3, 0.4) is 0 Å². The maximum absolute atomic E-state index is 12.3. The van der Waals surface area contributed by atoms with Crippen molar-refractivity contribution in [1.82, 2.24) is 9.97 Å². The number of rotatable bonds is 3. The van der Waals surface area contributed by atoms with Gasteiger partial charge in [-0.3, -0.25) is 9.78 Å². The number of hydrogen-bond donors (Lipinski definition) is 2. The molecule has 0 spiro atoms. The summed E-state index contributed by atoms with van der Waals surface area (Å²) in [4.78, 5) is 21.8. The topological polar surface area (TPSA) is 93.5 Å². The van der Waals surface area contributed by atoms with E-state index in [9.17, 15) is 4.79 Å². The summed E-state index contributed by atoms with van der Waals surface area (Å²) < 4.78 is 10.5. The van der Waals surface area contributed by atoms with Gasteiger partial charge in [0.2, 0.25) is 5.95 Å². The summed E-state index contributed by atoms with van der Waals surface area (Å²) in [5.74, 6) is 1.62. The number of anilines is 1. The Bertz CT molecular complexity index is 743. The fourth-order valence-electron chi connectivity index (χ4n) is 2.81. The number of hydrogen-bond acceptors (Lipinski definition) is 6. The summed E-state index contributed by atoms with van der Waals surface area (Å²) in [7, 11) is 3.09. The van der Waals surface area contributed by atoms with Crippen molar-refractivity contribution in [3.05, 3.63) is 22.5 Å². The molecule has 0 amide bonds. The second-order valence-electron chi connectivity index (χ2n) is 5.46. The van der Waals surface area contributed by atoms with Crippen LogP contribution in [0.2, 0.25) is 0 Å². The van der Waals surface area contributed by atoms with Crippen molar-refractivity contribution in [2.24, 2.45) is 5.73 Å². The number of nitrogens with two attached hydrogens (primary N) is 1. The Hall–Kier alpha value is -2.28. The largest absolute Gasteiger partial charge is 0.493 e. The normalized spacial score (nSPS) is 18.5. The first kappa shape index (κ1) is 14.6. The molecule has 7 heteroatoms. The average Bonchev–Trinajstić information content (AvgIpc) is 2.53. The minimum atomic E-state index is -0.194. The second kappa shape index (κ2) is 5.84. The Morgan fingerprint density at radius 1 is 1.32 bits per heavy atom. The predicted molar refractivity (Wildman–Crippen MR) is 84.9 cm³/mol. The molecule has 22 heavy (non-hydrogen) atoms. The number of benzene rings is 1. The van der Waals surface area contributed by atoms with E-state index in [1.807, 2.05) is 4.90 Å². The van der Waals surface area contributed by atoms with Gasteiger partial charge in [0, 0.05) is 25.2 Å². The lowest BCUT2D eigenvalue weighted by Crippen LogP contribution is -2.44. The van der Waals surface area contributed by atoms with E-state index in [4.69, 9.17) is 15.2 Å². The first-order valence-corrected chi connectivity index (χ1v) is 7.29. The number of fused-ring (bicyclic) bond motifs is 1. The molecule has 1 atom stereocenters. The van der Waals surface area contributed by atoms with Crippen LogP contribution in [0.1, 0.15) is 12.8 Å². The summed E-state index contributed by atoms with van der Waals surface area (Å²) >= 11 is 0. The number of H-pyrrole nitrogens is 1. The molecule has 118 valence electrons. The first-order chi connectivity index (χ1) is 10.6. The zero-order valence-corrected chi connectivity index (χ0v) is 12.8. The smallest absolute Gasteiger partial charge is 0.260 e. The number of methoxy groups -OCH3 is 2. The third-order valence-electron chi connectivity index (χ3n) is 3.96. The standard InChI is InChI=1S/C15H20N4O3/c1-21-12-6-10-11(7-13(12)22-2)17-15(18-14(10)20)19-5-3-4-9(16)8-19/h6-7,9H,3-5,8,16H2,1-2H3,(H,17,18,20). The van der Waals surface area contributed by atoms with E-state index in [0.717, 1.165) is 19.4 Å². The SMILES string of the molecule is COc1cc2nc(N3CCCC(N)C3)[nH]c(=O)c2cc1OC. The van der Waals surface area contributed by atoms with Crippen molar-refractivity contribution in [3.63, 3.8) is 0 Å². The molecule has 3 rings (SSSR count). The molecule has 7 nitrogen and oxygen atoms in total. The highest BCUT2D eigenvalue weighted by Gasteiger charge is 2.20. The zero-order chi connectivity index (χ0) is 15.7. The van der Waals surface area contributed by atoms with Gasteiger partial charge in [-0.1, -0.05) is 0 Å². The van der Waals surface area contributed by atoms with Gasteiger partial charge in [-0.05, 0) is 18.9 Å². The van der Waals surface area contributed by atoms with Crippen LogP contribution in [0, 0.1) is 0 Å². The van der Waals surface area contributed by atoms with Crippen LogP contribution in [0.15, 0.2) is 16.9 Å². The zero-order valence-electron chi connectivity index (χ0n) is 12.8. The van der Waals surface area contributed by atoms with Crippen LogP contribution in [0.25, 0.3) is 10.9 Å². The highest BCUT2D eigenvalue weighted by atomic mass is 16.5. The molecule has 1 unspecified atom stereocenters. The molecule has 2 aromatic rings. The predicted octanol–water partition coefficient (Wildman–Crippen LogP) is 0.868. The minimum Gasteiger partial charge on any atom is -0.493 e. The quantitative estimate of drug-likeness (QED) is 0.874. The molecule has 0 radical (unpaired) electrons. The minimum absolute atomic E-state index is 0.111. The van der Waals surface area contributed by atoms with Gasteiger partial charge in [0.15, 0.2) is 11.5 Å². The van der Waals surface area contributed by atoms with E-state index in [1.54, 1.807) is 19.2 Å². The Balaban J connectivity index is 2.09. The maximum atomic E-state index is 12.3. The lowest BCUT2D eigenvalue weighted by Gasteiger charge is -2.31. The molecule has 1 aliphatic heterocycles. The highest BCUT2D eigenvalue weighted by molar-refractivity contribution is 5.82. The van der Waals surface area contributed by atoms with E-state index in [2.05, 4.69) is 9.97 Å². The molecular weight excluding hydrogens is 284 g/mol. The number of aromatic nitrogens is 2. The number of piperidine rings is 1. The lowest BCUT2D eigenvalue weighted by molar-refractivity contribution is 0.355. The number of ether oxygens (including phenoxy) is 2. The van der Waals surface area contributed by atoms with Crippen LogP contribution >= 0.6 is 0 Å². The van der Waals surface area contributed by atoms with Crippen molar-refractivity contribution in [1.29, 1.82) is 0 Å². The summed E-state index contributed by atoms with van der Waals surface area (Å²) in [6, 6.07) is 3.47. The molecule has 0 bridgehead atoms. The molecule has 3 N–H and O–H groups in total. The average molecular weight is 304 g/mol. The molecule has 1 aromatic carbocycles. The molecule has 1 saturated heterocycles. The van der Waals surface area contributed by atoms with Crippen molar-refractivity contribution in [3.8, 4) is 11.5 Å². The molecule has 2 heterocycles. The summed E-state index contributed by atoms with van der Waals surface area (Å²) in [6.07, 6.45) is 1.99. The molecule has 1 fully saturated rings. The van der Waals surface area contributed by atoms with E-state index < -0.39 is 0 Å². The van der Waals surface area contributed by atoms with Gasteiger partial charge in [-0.15, -0.1) is 0 Å². The summed E-state index contributed by atoms with van der Waals surface area (Å²) in [5, 5.41) is 0.475. The lowest BCUT2D eigenvalue weighted by atomic mass is 10.1. The van der Waals surface area contributed by atoms with Gasteiger partial charge in [0.25, 0.3) is 5.56 Å². The van der Waals surface area contributed by atoms with Crippen LogP contribution in [-0.4, -0.2) is 43.3 Å². The van der Waals surface area contributed by atoms with Gasteiger partial charge in [0.1, 0.15) is 0 Å². The van der Waals surface area contributed by atoms with Crippen molar-refractivity contribution in [2.45, 2.75) is 18.9 Å². The van der Waals surface area contributed by atoms with Gasteiger partial charge in [-0.2, -0.15) is 0 Å². The Kier molecular flexibility index (Phi) is 3.89. The molecule has 1 aliphatic rings. The fraction of sp³-hybridized carbons (Fsp3) is 0.467. The third-order valence-corrected chi connectivity index (χ3v) is 3.96. The van der Waals surface area contributed by atoms with Crippen molar-refractivity contribution >= 4 is 16.9 Å². The van der Waals surface area contributed by atoms with E-state index >= 15 is 0 Å². The van der Waals surface area contributed by atoms with Crippen LogP contribution < -0.4 is 25.7 Å². The van der Waals surface area contributed by atoms with E-state index in [0.29, 0.717) is 34.9 Å². The Labute approximate surface area is 128 Å². The fourth-order valence-corrected chi connectivity index (χ4v) is 2.81. The number of nitrogens with zero attached hydrogens (tertiary/aromatic N) is 2. The van der Waals surface area contributed by atoms with Gasteiger partial charge >= 0.3 is 0 Å². The van der Waals surface area contributed by atoms with Gasteiger partial charge in [-0.25, -0.2) is 4.98 Å². The molecule has 0 aliphatic carbocycles. The van der Waals surface area contributed by atoms with Crippen LogP contribution in [0.4, 0.5) is 5.95 Å². The maximum Gasteiger partial charge on any atom is 0.260 e. The van der Waals surface area contributed by atoms with Crippen LogP contribution in [-0.2, 0) is 0 Å². The highest BCUT2D eigenvalue weighted by Crippen LogP contribution is 2.30. The van der Waals surface area contributed by atoms with Gasteiger partial charge < -0.3 is 20.1 Å². The summed E-state index contributed by atoms with van der Waals surface area (Å²) in [6.45, 7) is 1.54. The first-order valence-electron chi connectivity index (χ1n) is 7.29. The summed E-state index contributed by atoms with van der Waals surface area (Å²) in [5.41, 5.74) is 6.38. The Morgan fingerprint density at radius 2 is 2.05 bits per heavy atom. The van der Waals surface area contributed by atoms with Crippen molar-refractivity contribution < 1.29 is 9.47 Å². The third kappa shape index (κ3) is 2.59. The number of aromatic amines is 1. The molecule has 0 saturated carbocycles. The molecule has 1 aromatic heterocycles. The van der Waals surface area contributed by atoms with Crippen molar-refractivity contribution in [2.75, 3.05) is 32.2 Å². The van der Waals surface area contributed by atoms with Crippen LogP contribution in [0.5, 0.6) is 11.5 Å². The second-order valence-corrected chi connectivity index (χ2v) is 5.46. The van der Waals surface area contributed by atoms with E-state index in [1.165, 1.54) is 7.11 Å². The van der Waals surface area contributed by atoms with Gasteiger partial charge in [0.05, 0.1) is 25.1 Å². The Morgan fingerprint density at radius 3 is 2.73 bits per heavy atom. The number of nitrogens with one attached hydrogen (secondary N) is 1. The van der Waals surface area contributed by atoms with E-state index in [-0.39, 0.29) is 11.6 Å².